The molecule has 0 bridgehead atoms. The Balaban J connectivity index is 1.58. The van der Waals surface area contributed by atoms with Gasteiger partial charge in [-0.1, -0.05) is 0 Å². The zero-order valence-electron chi connectivity index (χ0n) is 13.7. The topological polar surface area (TPSA) is 70.7 Å². The van der Waals surface area contributed by atoms with Gasteiger partial charge >= 0.3 is 6.03 Å². The van der Waals surface area contributed by atoms with Crippen molar-refractivity contribution in [1.82, 2.24) is 5.32 Å². The first-order valence-corrected chi connectivity index (χ1v) is 7.82. The van der Waals surface area contributed by atoms with E-state index in [1.54, 1.807) is 36.3 Å². The third-order valence-electron chi connectivity index (χ3n) is 3.95. The maximum atomic E-state index is 12.9. The first kappa shape index (κ1) is 16.8. The third kappa shape index (κ3) is 4.06. The van der Waals surface area contributed by atoms with Crippen LogP contribution in [0.2, 0.25) is 0 Å². The lowest BCUT2D eigenvalue weighted by atomic mass is 10.2. The van der Waals surface area contributed by atoms with Gasteiger partial charge in [0.25, 0.3) is 0 Å². The number of anilines is 2. The van der Waals surface area contributed by atoms with E-state index in [0.717, 1.165) is 5.69 Å². The molecule has 130 valence electrons. The standard InChI is InChI=1S/C18H18FN3O3/c1-25-16-8-6-15(7-9-16)22-11-14(10-17(22)23)21-18(24)20-13-4-2-12(19)3-5-13/h2-9,14H,10-11H2,1H3,(H2,20,21,24)/t14-/m0/s1. The van der Waals surface area contributed by atoms with Crippen LogP contribution in [0.25, 0.3) is 0 Å². The number of amides is 3. The molecule has 1 aliphatic heterocycles. The van der Waals surface area contributed by atoms with Crippen LogP contribution >= 0.6 is 0 Å². The van der Waals surface area contributed by atoms with Crippen molar-refractivity contribution in [3.8, 4) is 5.75 Å². The highest BCUT2D eigenvalue weighted by Crippen LogP contribution is 2.24. The Morgan fingerprint density at radius 1 is 1.16 bits per heavy atom. The van der Waals surface area contributed by atoms with E-state index in [1.807, 2.05) is 0 Å². The highest BCUT2D eigenvalue weighted by molar-refractivity contribution is 5.97. The average molecular weight is 343 g/mol. The lowest BCUT2D eigenvalue weighted by Gasteiger charge is -2.17. The number of nitrogens with zero attached hydrogens (tertiary/aromatic N) is 1. The maximum absolute atomic E-state index is 12.9. The lowest BCUT2D eigenvalue weighted by molar-refractivity contribution is -0.117. The van der Waals surface area contributed by atoms with Crippen molar-refractivity contribution in [3.05, 3.63) is 54.3 Å². The number of urea groups is 1. The van der Waals surface area contributed by atoms with Crippen LogP contribution in [-0.2, 0) is 4.79 Å². The lowest BCUT2D eigenvalue weighted by Crippen LogP contribution is -2.39. The fourth-order valence-corrected chi connectivity index (χ4v) is 2.70. The summed E-state index contributed by atoms with van der Waals surface area (Å²) in [7, 11) is 1.58. The third-order valence-corrected chi connectivity index (χ3v) is 3.95. The van der Waals surface area contributed by atoms with E-state index in [9.17, 15) is 14.0 Å². The number of carbonyl (C=O) groups excluding carboxylic acids is 2. The van der Waals surface area contributed by atoms with Gasteiger partial charge in [-0.15, -0.1) is 0 Å². The largest absolute Gasteiger partial charge is 0.497 e. The second-order valence-corrected chi connectivity index (χ2v) is 5.71. The van der Waals surface area contributed by atoms with Crippen molar-refractivity contribution in [1.29, 1.82) is 0 Å². The van der Waals surface area contributed by atoms with Gasteiger partial charge in [0.2, 0.25) is 5.91 Å². The van der Waals surface area contributed by atoms with E-state index < -0.39 is 6.03 Å². The zero-order valence-corrected chi connectivity index (χ0v) is 13.7. The van der Waals surface area contributed by atoms with Crippen molar-refractivity contribution < 1.29 is 18.7 Å². The van der Waals surface area contributed by atoms with Crippen molar-refractivity contribution in [3.63, 3.8) is 0 Å². The van der Waals surface area contributed by atoms with Gasteiger partial charge in [-0.05, 0) is 48.5 Å². The molecule has 2 aromatic rings. The number of nitrogens with one attached hydrogen (secondary N) is 2. The van der Waals surface area contributed by atoms with E-state index >= 15 is 0 Å². The molecule has 3 amide bonds. The molecule has 1 heterocycles. The van der Waals surface area contributed by atoms with Crippen LogP contribution in [0.15, 0.2) is 48.5 Å². The van der Waals surface area contributed by atoms with E-state index in [4.69, 9.17) is 4.74 Å². The fourth-order valence-electron chi connectivity index (χ4n) is 2.70. The molecule has 0 radical (unpaired) electrons. The van der Waals surface area contributed by atoms with Crippen LogP contribution in [0, 0.1) is 5.82 Å². The number of carbonyl (C=O) groups is 2. The summed E-state index contributed by atoms with van der Waals surface area (Å²) in [6, 6.07) is 11.9. The minimum atomic E-state index is -0.430. The summed E-state index contributed by atoms with van der Waals surface area (Å²) in [5.74, 6) is 0.281. The van der Waals surface area contributed by atoms with Gasteiger partial charge in [0.05, 0.1) is 13.2 Å². The average Bonchev–Trinajstić information content (AvgIpc) is 2.97. The molecular formula is C18H18FN3O3. The Morgan fingerprint density at radius 2 is 1.84 bits per heavy atom. The molecule has 0 spiro atoms. The van der Waals surface area contributed by atoms with Crippen molar-refractivity contribution in [2.45, 2.75) is 12.5 Å². The molecule has 3 rings (SSSR count). The molecule has 1 fully saturated rings. The number of methoxy groups -OCH3 is 1. The molecule has 6 nitrogen and oxygen atoms in total. The molecular weight excluding hydrogens is 325 g/mol. The van der Waals surface area contributed by atoms with Gasteiger partial charge in [0, 0.05) is 24.3 Å². The molecule has 7 heteroatoms. The first-order chi connectivity index (χ1) is 12.0. The normalized spacial score (nSPS) is 16.6. The summed E-state index contributed by atoms with van der Waals surface area (Å²) in [5, 5.41) is 5.38. The minimum absolute atomic E-state index is 0.0581. The van der Waals surface area contributed by atoms with E-state index in [-0.39, 0.29) is 24.2 Å². The molecule has 2 aromatic carbocycles. The van der Waals surface area contributed by atoms with Crippen molar-refractivity contribution >= 4 is 23.3 Å². The number of benzene rings is 2. The van der Waals surface area contributed by atoms with E-state index in [1.165, 1.54) is 24.3 Å². The molecule has 1 saturated heterocycles. The molecule has 0 unspecified atom stereocenters. The number of hydrogen-bond donors (Lipinski definition) is 2. The summed E-state index contributed by atoms with van der Waals surface area (Å²) in [6.07, 6.45) is 0.225. The van der Waals surface area contributed by atoms with Crippen LogP contribution in [0.5, 0.6) is 5.75 Å². The highest BCUT2D eigenvalue weighted by atomic mass is 19.1. The van der Waals surface area contributed by atoms with Gasteiger partial charge in [-0.25, -0.2) is 9.18 Å². The molecule has 0 aromatic heterocycles. The van der Waals surface area contributed by atoms with Crippen LogP contribution in [-0.4, -0.2) is 31.6 Å². The monoisotopic (exact) mass is 343 g/mol. The summed E-state index contributed by atoms with van der Waals surface area (Å²) in [6.45, 7) is 0.391. The second-order valence-electron chi connectivity index (χ2n) is 5.71. The van der Waals surface area contributed by atoms with Crippen molar-refractivity contribution in [2.75, 3.05) is 23.9 Å². The van der Waals surface area contributed by atoms with Gasteiger partial charge in [0.1, 0.15) is 11.6 Å². The zero-order chi connectivity index (χ0) is 17.8. The Bertz CT molecular complexity index is 762. The molecule has 1 aliphatic rings. The predicted octanol–water partition coefficient (Wildman–Crippen LogP) is 2.76. The first-order valence-electron chi connectivity index (χ1n) is 7.82. The van der Waals surface area contributed by atoms with Crippen LogP contribution in [0.1, 0.15) is 6.42 Å². The molecule has 0 aliphatic carbocycles. The number of halogens is 1. The van der Waals surface area contributed by atoms with Gasteiger partial charge < -0.3 is 20.3 Å². The molecule has 1 atom stereocenters. The number of rotatable bonds is 4. The predicted molar refractivity (Wildman–Crippen MR) is 92.3 cm³/mol. The van der Waals surface area contributed by atoms with Gasteiger partial charge in [-0.2, -0.15) is 0 Å². The summed E-state index contributed by atoms with van der Waals surface area (Å²) >= 11 is 0. The van der Waals surface area contributed by atoms with Crippen LogP contribution in [0.4, 0.5) is 20.6 Å². The minimum Gasteiger partial charge on any atom is -0.497 e. The summed E-state index contributed by atoms with van der Waals surface area (Å²) < 4.78 is 18.0. The second kappa shape index (κ2) is 7.21. The quantitative estimate of drug-likeness (QED) is 0.897. The SMILES string of the molecule is COc1ccc(N2C[C@@H](NC(=O)Nc3ccc(F)cc3)CC2=O)cc1. The van der Waals surface area contributed by atoms with Gasteiger partial charge in [-0.3, -0.25) is 4.79 Å². The van der Waals surface area contributed by atoms with E-state index in [0.29, 0.717) is 18.0 Å². The Kier molecular flexibility index (Phi) is 4.83. The maximum Gasteiger partial charge on any atom is 0.319 e. The molecule has 25 heavy (non-hydrogen) atoms. The molecule has 0 saturated carbocycles. The van der Waals surface area contributed by atoms with Crippen LogP contribution < -0.4 is 20.3 Å². The Hall–Kier alpha value is -3.09. The number of ether oxygens (including phenoxy) is 1. The summed E-state index contributed by atoms with van der Waals surface area (Å²) in [4.78, 5) is 25.8. The summed E-state index contributed by atoms with van der Waals surface area (Å²) in [5.41, 5.74) is 1.24. The van der Waals surface area contributed by atoms with E-state index in [2.05, 4.69) is 10.6 Å². The highest BCUT2D eigenvalue weighted by Gasteiger charge is 2.31. The smallest absolute Gasteiger partial charge is 0.319 e. The number of hydrogen-bond acceptors (Lipinski definition) is 3. The van der Waals surface area contributed by atoms with Crippen molar-refractivity contribution in [2.24, 2.45) is 0 Å². The Labute approximate surface area is 144 Å². The fraction of sp³-hybridized carbons (Fsp3) is 0.222. The molecule has 2 N–H and O–H groups in total. The van der Waals surface area contributed by atoms with Crippen LogP contribution in [0.3, 0.4) is 0 Å². The van der Waals surface area contributed by atoms with Gasteiger partial charge in [0.15, 0.2) is 0 Å². The Morgan fingerprint density at radius 3 is 2.48 bits per heavy atom.